The van der Waals surface area contributed by atoms with Crippen LogP contribution in [0.5, 0.6) is 11.6 Å². The summed E-state index contributed by atoms with van der Waals surface area (Å²) in [5.74, 6) is 0.730. The molecule has 0 spiro atoms. The van der Waals surface area contributed by atoms with Crippen molar-refractivity contribution in [2.24, 2.45) is 0 Å². The first-order chi connectivity index (χ1) is 12.6. The van der Waals surface area contributed by atoms with E-state index in [-0.39, 0.29) is 16.7 Å². The highest BCUT2D eigenvalue weighted by atomic mass is 32.1. The minimum absolute atomic E-state index is 0.0641. The highest BCUT2D eigenvalue weighted by Crippen LogP contribution is 2.21. The van der Waals surface area contributed by atoms with Gasteiger partial charge >= 0.3 is 4.87 Å². The second kappa shape index (κ2) is 10.7. The van der Waals surface area contributed by atoms with Crippen LogP contribution in [0.25, 0.3) is 0 Å². The van der Waals surface area contributed by atoms with E-state index < -0.39 is 0 Å². The van der Waals surface area contributed by atoms with Gasteiger partial charge in [0.25, 0.3) is 0 Å². The van der Waals surface area contributed by atoms with E-state index in [1.807, 2.05) is 24.3 Å². The summed E-state index contributed by atoms with van der Waals surface area (Å²) < 4.78 is 5.61. The molecule has 26 heavy (non-hydrogen) atoms. The fourth-order valence-corrected chi connectivity index (χ4v) is 3.28. The molecule has 0 aliphatic heterocycles. The molecule has 142 valence electrons. The van der Waals surface area contributed by atoms with E-state index in [9.17, 15) is 14.7 Å². The zero-order valence-corrected chi connectivity index (χ0v) is 15.9. The van der Waals surface area contributed by atoms with Crippen LogP contribution < -0.4 is 14.9 Å². The molecule has 2 aromatic rings. The fraction of sp³-hybridized carbons (Fsp3) is 0.474. The first-order valence-corrected chi connectivity index (χ1v) is 9.79. The van der Waals surface area contributed by atoms with Crippen molar-refractivity contribution in [3.63, 3.8) is 0 Å². The van der Waals surface area contributed by atoms with Crippen LogP contribution in [0.4, 0.5) is 0 Å². The first kappa shape index (κ1) is 20.0. The summed E-state index contributed by atoms with van der Waals surface area (Å²) in [7, 11) is 0. The van der Waals surface area contributed by atoms with Crippen LogP contribution in [0.3, 0.4) is 0 Å². The number of ether oxygens (including phenoxy) is 1. The van der Waals surface area contributed by atoms with Crippen LogP contribution in [-0.4, -0.2) is 29.1 Å². The minimum atomic E-state index is -0.259. The Morgan fingerprint density at radius 2 is 2.00 bits per heavy atom. The Kier molecular flexibility index (Phi) is 8.21. The van der Waals surface area contributed by atoms with Gasteiger partial charge < -0.3 is 15.2 Å². The van der Waals surface area contributed by atoms with Gasteiger partial charge in [0.1, 0.15) is 12.4 Å². The molecule has 3 N–H and O–H groups in total. The van der Waals surface area contributed by atoms with Gasteiger partial charge in [-0.1, -0.05) is 49.7 Å². The van der Waals surface area contributed by atoms with Gasteiger partial charge in [0.15, 0.2) is 0 Å². The maximum absolute atomic E-state index is 11.7. The molecule has 0 saturated heterocycles. The molecule has 1 aromatic heterocycles. The molecule has 0 saturated carbocycles. The van der Waals surface area contributed by atoms with Crippen LogP contribution in [0.1, 0.15) is 49.5 Å². The smallest absolute Gasteiger partial charge is 0.307 e. The number of thiazole rings is 1. The molecular weight excluding hydrogens is 352 g/mol. The second-order valence-corrected chi connectivity index (χ2v) is 7.18. The molecule has 1 heterocycles. The Morgan fingerprint density at radius 3 is 2.65 bits per heavy atom. The SMILES string of the molecule is CCCCCCC(=O)NCCOc1ccc(Cc2sc(=O)[nH]c2O)cc1. The molecular formula is C19H26N2O4S. The number of amides is 1. The lowest BCUT2D eigenvalue weighted by atomic mass is 10.1. The van der Waals surface area contributed by atoms with Crippen LogP contribution in [0, 0.1) is 0 Å². The Balaban J connectivity index is 1.67. The molecule has 0 radical (unpaired) electrons. The number of benzene rings is 1. The zero-order chi connectivity index (χ0) is 18.8. The van der Waals surface area contributed by atoms with Crippen molar-refractivity contribution in [3.8, 4) is 11.6 Å². The third-order valence-corrected chi connectivity index (χ3v) is 4.81. The molecule has 2 rings (SSSR count). The fourth-order valence-electron chi connectivity index (χ4n) is 2.52. The van der Waals surface area contributed by atoms with E-state index in [0.717, 1.165) is 35.5 Å². The number of H-pyrrole nitrogens is 1. The largest absolute Gasteiger partial charge is 0.494 e. The van der Waals surface area contributed by atoms with Gasteiger partial charge in [-0.2, -0.15) is 0 Å². The van der Waals surface area contributed by atoms with Crippen molar-refractivity contribution in [1.29, 1.82) is 0 Å². The monoisotopic (exact) mass is 378 g/mol. The maximum Gasteiger partial charge on any atom is 0.307 e. The van der Waals surface area contributed by atoms with Gasteiger partial charge in [-0.3, -0.25) is 14.6 Å². The van der Waals surface area contributed by atoms with E-state index >= 15 is 0 Å². The quantitative estimate of drug-likeness (QED) is 0.524. The molecule has 1 aromatic carbocycles. The number of rotatable bonds is 11. The lowest BCUT2D eigenvalue weighted by molar-refractivity contribution is -0.121. The molecule has 0 aliphatic carbocycles. The summed E-state index contributed by atoms with van der Waals surface area (Å²) in [6.07, 6.45) is 5.45. The summed E-state index contributed by atoms with van der Waals surface area (Å²) in [5, 5.41) is 12.5. The van der Waals surface area contributed by atoms with E-state index in [4.69, 9.17) is 4.74 Å². The number of aromatic amines is 1. The van der Waals surface area contributed by atoms with Crippen molar-refractivity contribution in [2.75, 3.05) is 13.2 Å². The van der Waals surface area contributed by atoms with Crippen LogP contribution in [-0.2, 0) is 11.2 Å². The first-order valence-electron chi connectivity index (χ1n) is 8.98. The van der Waals surface area contributed by atoms with Gasteiger partial charge in [0.05, 0.1) is 11.4 Å². The normalized spacial score (nSPS) is 10.7. The average Bonchev–Trinajstić information content (AvgIpc) is 2.94. The molecule has 0 fully saturated rings. The van der Waals surface area contributed by atoms with Crippen LogP contribution in [0.15, 0.2) is 29.1 Å². The van der Waals surface area contributed by atoms with Crippen LogP contribution >= 0.6 is 11.3 Å². The van der Waals surface area contributed by atoms with Crippen molar-refractivity contribution in [1.82, 2.24) is 10.3 Å². The Hall–Kier alpha value is -2.28. The molecule has 0 bridgehead atoms. The van der Waals surface area contributed by atoms with E-state index in [2.05, 4.69) is 17.2 Å². The van der Waals surface area contributed by atoms with E-state index in [1.165, 1.54) is 12.8 Å². The number of carbonyl (C=O) groups excluding carboxylic acids is 1. The lowest BCUT2D eigenvalue weighted by Crippen LogP contribution is -2.27. The lowest BCUT2D eigenvalue weighted by Gasteiger charge is -2.08. The third-order valence-electron chi connectivity index (χ3n) is 3.94. The van der Waals surface area contributed by atoms with Gasteiger partial charge in [-0.05, 0) is 24.1 Å². The molecule has 1 amide bonds. The summed E-state index contributed by atoms with van der Waals surface area (Å²) >= 11 is 1.01. The number of hydrogen-bond acceptors (Lipinski definition) is 5. The Bertz CT molecular complexity index is 737. The molecule has 7 heteroatoms. The van der Waals surface area contributed by atoms with Crippen molar-refractivity contribution < 1.29 is 14.6 Å². The van der Waals surface area contributed by atoms with Gasteiger partial charge in [-0.15, -0.1) is 0 Å². The highest BCUT2D eigenvalue weighted by molar-refractivity contribution is 7.09. The van der Waals surface area contributed by atoms with Crippen molar-refractivity contribution in [3.05, 3.63) is 44.4 Å². The average molecular weight is 378 g/mol. The summed E-state index contributed by atoms with van der Waals surface area (Å²) in [6.45, 7) is 3.05. The molecule has 6 nitrogen and oxygen atoms in total. The minimum Gasteiger partial charge on any atom is -0.494 e. The Labute approximate surface area is 157 Å². The maximum atomic E-state index is 11.7. The highest BCUT2D eigenvalue weighted by Gasteiger charge is 2.07. The van der Waals surface area contributed by atoms with Crippen LogP contribution in [0.2, 0.25) is 0 Å². The third kappa shape index (κ3) is 6.92. The van der Waals surface area contributed by atoms with Crippen molar-refractivity contribution in [2.45, 2.75) is 45.4 Å². The topological polar surface area (TPSA) is 91.4 Å². The zero-order valence-electron chi connectivity index (χ0n) is 15.0. The molecule has 0 unspecified atom stereocenters. The molecule has 0 aliphatic rings. The number of aromatic hydroxyl groups is 1. The van der Waals surface area contributed by atoms with E-state index in [1.54, 1.807) is 0 Å². The summed E-state index contributed by atoms with van der Waals surface area (Å²) in [4.78, 5) is 25.6. The Morgan fingerprint density at radius 1 is 1.23 bits per heavy atom. The van der Waals surface area contributed by atoms with E-state index in [0.29, 0.717) is 30.9 Å². The predicted octanol–water partition coefficient (Wildman–Crippen LogP) is 3.20. The summed E-state index contributed by atoms with van der Waals surface area (Å²) in [6, 6.07) is 7.47. The van der Waals surface area contributed by atoms with Crippen molar-refractivity contribution >= 4 is 17.2 Å². The molecule has 0 atom stereocenters. The standard InChI is InChI=1S/C19H26N2O4S/c1-2-3-4-5-6-17(22)20-11-12-25-15-9-7-14(8-10-15)13-16-18(23)21-19(24)26-16/h7-10,23H,2-6,11-13H2,1H3,(H,20,22)(H,21,24). The second-order valence-electron chi connectivity index (χ2n) is 6.12. The predicted molar refractivity (Wildman–Crippen MR) is 103 cm³/mol. The number of hydrogen-bond donors (Lipinski definition) is 3. The van der Waals surface area contributed by atoms with Gasteiger partial charge in [-0.25, -0.2) is 0 Å². The number of unbranched alkanes of at least 4 members (excludes halogenated alkanes) is 3. The van der Waals surface area contributed by atoms with Gasteiger partial charge in [0.2, 0.25) is 11.8 Å². The number of nitrogens with one attached hydrogen (secondary N) is 2. The summed E-state index contributed by atoms with van der Waals surface area (Å²) in [5.41, 5.74) is 0.975. The van der Waals surface area contributed by atoms with Gasteiger partial charge in [0, 0.05) is 12.8 Å². The number of carbonyl (C=O) groups is 1. The number of aromatic nitrogens is 1.